The number of hydrogen-bond donors (Lipinski definition) is 1. The fourth-order valence-electron chi connectivity index (χ4n) is 3.02. The summed E-state index contributed by atoms with van der Waals surface area (Å²) < 4.78 is 5.49. The quantitative estimate of drug-likeness (QED) is 0.835. The van der Waals surface area contributed by atoms with Crippen molar-refractivity contribution in [3.8, 4) is 0 Å². The van der Waals surface area contributed by atoms with Crippen molar-refractivity contribution < 1.29 is 4.74 Å². The van der Waals surface area contributed by atoms with Crippen LogP contribution in [0.4, 0.5) is 0 Å². The Kier molecular flexibility index (Phi) is 6.68. The zero-order valence-corrected chi connectivity index (χ0v) is 13.7. The Balaban J connectivity index is 1.88. The molecule has 3 heteroatoms. The molecular weight excluding hydrogens is 260 g/mol. The molecule has 1 aromatic carbocycles. The van der Waals surface area contributed by atoms with E-state index >= 15 is 0 Å². The van der Waals surface area contributed by atoms with E-state index in [4.69, 9.17) is 4.74 Å². The topological polar surface area (TPSA) is 24.5 Å². The highest BCUT2D eigenvalue weighted by Gasteiger charge is 2.22. The Morgan fingerprint density at radius 2 is 1.76 bits per heavy atom. The Bertz CT molecular complexity index is 387. The van der Waals surface area contributed by atoms with E-state index in [1.807, 2.05) is 0 Å². The van der Waals surface area contributed by atoms with E-state index in [2.05, 4.69) is 61.3 Å². The van der Waals surface area contributed by atoms with Crippen LogP contribution in [0.1, 0.15) is 38.8 Å². The van der Waals surface area contributed by atoms with Gasteiger partial charge in [0, 0.05) is 31.7 Å². The number of nitrogens with zero attached hydrogens (tertiary/aromatic N) is 1. The van der Waals surface area contributed by atoms with E-state index < -0.39 is 0 Å². The smallest absolute Gasteiger partial charge is 0.0594 e. The van der Waals surface area contributed by atoms with Gasteiger partial charge in [0.05, 0.1) is 13.2 Å². The van der Waals surface area contributed by atoms with Gasteiger partial charge < -0.3 is 10.1 Å². The first kappa shape index (κ1) is 16.5. The third-order valence-electron chi connectivity index (χ3n) is 4.26. The number of hydrogen-bond acceptors (Lipinski definition) is 3. The van der Waals surface area contributed by atoms with Gasteiger partial charge in [-0.05, 0) is 24.8 Å². The number of ether oxygens (including phenoxy) is 1. The highest BCUT2D eigenvalue weighted by atomic mass is 16.5. The van der Waals surface area contributed by atoms with Crippen molar-refractivity contribution >= 4 is 0 Å². The average molecular weight is 290 g/mol. The molecule has 1 saturated heterocycles. The average Bonchev–Trinajstić information content (AvgIpc) is 2.52. The molecule has 1 fully saturated rings. The van der Waals surface area contributed by atoms with E-state index in [9.17, 15) is 0 Å². The molecular formula is C18H30N2O. The Morgan fingerprint density at radius 1 is 1.10 bits per heavy atom. The molecule has 3 nitrogen and oxygen atoms in total. The summed E-state index contributed by atoms with van der Waals surface area (Å²) in [6.07, 6.45) is 1.24. The van der Waals surface area contributed by atoms with Gasteiger partial charge >= 0.3 is 0 Å². The van der Waals surface area contributed by atoms with Crippen LogP contribution in [0.2, 0.25) is 0 Å². The summed E-state index contributed by atoms with van der Waals surface area (Å²) in [6.45, 7) is 11.8. The molecule has 21 heavy (non-hydrogen) atoms. The third kappa shape index (κ3) is 5.42. The van der Waals surface area contributed by atoms with Gasteiger partial charge in [0.2, 0.25) is 0 Å². The van der Waals surface area contributed by atoms with Crippen LogP contribution in [0.5, 0.6) is 0 Å². The number of rotatable bonds is 7. The van der Waals surface area contributed by atoms with Gasteiger partial charge in [0.15, 0.2) is 0 Å². The summed E-state index contributed by atoms with van der Waals surface area (Å²) in [6, 6.07) is 11.7. The number of nitrogens with one attached hydrogen (secondary N) is 1. The highest BCUT2D eigenvalue weighted by Crippen LogP contribution is 2.16. The molecule has 2 unspecified atom stereocenters. The molecule has 0 radical (unpaired) electrons. The molecule has 1 aromatic rings. The molecule has 118 valence electrons. The third-order valence-corrected chi connectivity index (χ3v) is 4.26. The van der Waals surface area contributed by atoms with Crippen molar-refractivity contribution in [2.45, 2.75) is 39.3 Å². The summed E-state index contributed by atoms with van der Waals surface area (Å²) in [5.74, 6) is 0.728. The van der Waals surface area contributed by atoms with Crippen LogP contribution in [-0.4, -0.2) is 43.8 Å². The lowest BCUT2D eigenvalue weighted by atomic mass is 10.0. The van der Waals surface area contributed by atoms with Gasteiger partial charge in [-0.25, -0.2) is 0 Å². The van der Waals surface area contributed by atoms with Gasteiger partial charge in [0.1, 0.15) is 0 Å². The maximum atomic E-state index is 5.49. The molecule has 0 aliphatic carbocycles. The minimum absolute atomic E-state index is 0.405. The van der Waals surface area contributed by atoms with E-state index in [1.54, 1.807) is 0 Å². The maximum absolute atomic E-state index is 5.49. The second-order valence-electron chi connectivity index (χ2n) is 6.47. The predicted octanol–water partition coefficient (Wildman–Crippen LogP) is 3.08. The lowest BCUT2D eigenvalue weighted by molar-refractivity contribution is 0.0119. The zero-order chi connectivity index (χ0) is 15.1. The van der Waals surface area contributed by atoms with Crippen LogP contribution < -0.4 is 5.32 Å². The maximum Gasteiger partial charge on any atom is 0.0594 e. The highest BCUT2D eigenvalue weighted by molar-refractivity contribution is 5.18. The summed E-state index contributed by atoms with van der Waals surface area (Å²) >= 11 is 0. The number of morpholine rings is 1. The van der Waals surface area contributed by atoms with Gasteiger partial charge in [-0.2, -0.15) is 0 Å². The fourth-order valence-corrected chi connectivity index (χ4v) is 3.02. The van der Waals surface area contributed by atoms with Crippen molar-refractivity contribution in [1.82, 2.24) is 10.2 Å². The minimum atomic E-state index is 0.405. The molecule has 0 saturated carbocycles. The standard InChI is InChI=1S/C18H30N2O/c1-15(2)13-18(20-9-11-21-12-10-20)14-19-16(3)17-7-5-4-6-8-17/h4-8,15-16,18-19H,9-14H2,1-3H3. The molecule has 2 rings (SSSR count). The molecule has 0 bridgehead atoms. The molecule has 0 amide bonds. The van der Waals surface area contributed by atoms with Crippen molar-refractivity contribution in [3.63, 3.8) is 0 Å². The predicted molar refractivity (Wildman–Crippen MR) is 88.5 cm³/mol. The molecule has 1 aliphatic rings. The monoisotopic (exact) mass is 290 g/mol. The summed E-state index contributed by atoms with van der Waals surface area (Å²) in [7, 11) is 0. The van der Waals surface area contributed by atoms with Gasteiger partial charge in [0.25, 0.3) is 0 Å². The SMILES string of the molecule is CC(C)CC(CNC(C)c1ccccc1)N1CCOCC1. The summed E-state index contributed by atoms with van der Waals surface area (Å²) in [5, 5.41) is 3.72. The Hall–Kier alpha value is -0.900. The van der Waals surface area contributed by atoms with Crippen LogP contribution in [-0.2, 0) is 4.74 Å². The Morgan fingerprint density at radius 3 is 2.38 bits per heavy atom. The van der Waals surface area contributed by atoms with E-state index in [1.165, 1.54) is 12.0 Å². The Labute approximate surface area is 129 Å². The van der Waals surface area contributed by atoms with Crippen LogP contribution in [0.15, 0.2) is 30.3 Å². The molecule has 0 aromatic heterocycles. The first-order valence-electron chi connectivity index (χ1n) is 8.27. The van der Waals surface area contributed by atoms with E-state index in [0.717, 1.165) is 38.8 Å². The molecule has 0 spiro atoms. The van der Waals surface area contributed by atoms with Crippen molar-refractivity contribution in [2.24, 2.45) is 5.92 Å². The summed E-state index contributed by atoms with van der Waals surface area (Å²) in [5.41, 5.74) is 1.36. The summed E-state index contributed by atoms with van der Waals surface area (Å²) in [4.78, 5) is 2.59. The lowest BCUT2D eigenvalue weighted by Gasteiger charge is -2.36. The van der Waals surface area contributed by atoms with Crippen LogP contribution >= 0.6 is 0 Å². The van der Waals surface area contributed by atoms with Gasteiger partial charge in [-0.1, -0.05) is 44.2 Å². The van der Waals surface area contributed by atoms with Gasteiger partial charge in [-0.15, -0.1) is 0 Å². The van der Waals surface area contributed by atoms with Crippen molar-refractivity contribution in [3.05, 3.63) is 35.9 Å². The second kappa shape index (κ2) is 8.52. The first-order valence-corrected chi connectivity index (χ1v) is 8.27. The molecule has 1 N–H and O–H groups in total. The normalized spacial score (nSPS) is 19.6. The molecule has 2 atom stereocenters. The first-order chi connectivity index (χ1) is 10.2. The number of benzene rings is 1. The zero-order valence-electron chi connectivity index (χ0n) is 13.7. The lowest BCUT2D eigenvalue weighted by Crippen LogP contribution is -2.48. The van der Waals surface area contributed by atoms with Crippen LogP contribution in [0.3, 0.4) is 0 Å². The van der Waals surface area contributed by atoms with E-state index in [-0.39, 0.29) is 0 Å². The van der Waals surface area contributed by atoms with Crippen LogP contribution in [0, 0.1) is 5.92 Å². The van der Waals surface area contributed by atoms with Gasteiger partial charge in [-0.3, -0.25) is 4.90 Å². The fraction of sp³-hybridized carbons (Fsp3) is 0.667. The van der Waals surface area contributed by atoms with Crippen molar-refractivity contribution in [1.29, 1.82) is 0 Å². The van der Waals surface area contributed by atoms with Crippen molar-refractivity contribution in [2.75, 3.05) is 32.8 Å². The second-order valence-corrected chi connectivity index (χ2v) is 6.47. The molecule has 1 aliphatic heterocycles. The minimum Gasteiger partial charge on any atom is -0.379 e. The van der Waals surface area contributed by atoms with E-state index in [0.29, 0.717) is 12.1 Å². The largest absolute Gasteiger partial charge is 0.379 e. The van der Waals surface area contributed by atoms with Crippen LogP contribution in [0.25, 0.3) is 0 Å². The molecule has 1 heterocycles.